The van der Waals surface area contributed by atoms with Gasteiger partial charge in [0.05, 0.1) is 11.1 Å². The number of hydrogen-bond acceptors (Lipinski definition) is 7. The Kier molecular flexibility index (Phi) is 6.29. The summed E-state index contributed by atoms with van der Waals surface area (Å²) in [5.74, 6) is -5.01. The highest BCUT2D eigenvalue weighted by molar-refractivity contribution is 6.06. The van der Waals surface area contributed by atoms with Gasteiger partial charge in [-0.15, -0.1) is 0 Å². The summed E-state index contributed by atoms with van der Waals surface area (Å²) in [5, 5.41) is 20.6. The molecule has 0 aliphatic carbocycles. The fourth-order valence-electron chi connectivity index (χ4n) is 2.30. The summed E-state index contributed by atoms with van der Waals surface area (Å²) in [6.45, 7) is 2.28. The Hall–Kier alpha value is -4.21. The molecule has 2 aromatic rings. The molecule has 0 atom stereocenters. The minimum absolute atomic E-state index is 0.0630. The van der Waals surface area contributed by atoms with Crippen molar-refractivity contribution in [1.29, 1.82) is 0 Å². The van der Waals surface area contributed by atoms with Crippen LogP contribution < -0.4 is 14.8 Å². The zero-order valence-corrected chi connectivity index (χ0v) is 15.2. The molecule has 0 radical (unpaired) electrons. The van der Waals surface area contributed by atoms with Crippen molar-refractivity contribution in [1.82, 2.24) is 0 Å². The summed E-state index contributed by atoms with van der Waals surface area (Å²) in [7, 11) is 0. The molecule has 0 fully saturated rings. The summed E-state index contributed by atoms with van der Waals surface area (Å²) in [6.07, 6.45) is 0. The number of anilines is 1. The molecule has 0 unspecified atom stereocenters. The normalized spacial score (nSPS) is 10.0. The first-order valence-electron chi connectivity index (χ1n) is 8.00. The Morgan fingerprint density at radius 3 is 1.52 bits per heavy atom. The molecule has 10 nitrogen and oxygen atoms in total. The third-order valence-electron chi connectivity index (χ3n) is 3.35. The second-order valence-corrected chi connectivity index (χ2v) is 5.74. The Labute approximate surface area is 163 Å². The molecule has 0 aliphatic heterocycles. The molecule has 0 aromatic heterocycles. The van der Waals surface area contributed by atoms with Crippen LogP contribution in [0.2, 0.25) is 0 Å². The Morgan fingerprint density at radius 1 is 0.690 bits per heavy atom. The van der Waals surface area contributed by atoms with Gasteiger partial charge in [0.1, 0.15) is 11.5 Å². The molecule has 0 saturated carbocycles. The van der Waals surface area contributed by atoms with Gasteiger partial charge < -0.3 is 25.0 Å². The number of esters is 2. The molecule has 0 heterocycles. The summed E-state index contributed by atoms with van der Waals surface area (Å²) in [4.78, 5) is 57.3. The van der Waals surface area contributed by atoms with Gasteiger partial charge >= 0.3 is 23.9 Å². The number of carbonyl (C=O) groups is 5. The lowest BCUT2D eigenvalue weighted by Crippen LogP contribution is -2.15. The third kappa shape index (κ3) is 5.89. The molecule has 2 aromatic carbocycles. The minimum Gasteiger partial charge on any atom is -0.478 e. The maximum atomic E-state index is 12.6. The number of rotatable bonds is 6. The van der Waals surface area contributed by atoms with Crippen LogP contribution in [0, 0.1) is 0 Å². The second-order valence-electron chi connectivity index (χ2n) is 5.74. The van der Waals surface area contributed by atoms with Crippen molar-refractivity contribution in [3.63, 3.8) is 0 Å². The molecule has 2 rings (SSSR count). The topological polar surface area (TPSA) is 156 Å². The van der Waals surface area contributed by atoms with Gasteiger partial charge in [-0.2, -0.15) is 0 Å². The quantitative estimate of drug-likeness (QED) is 0.487. The zero-order chi connectivity index (χ0) is 21.7. The van der Waals surface area contributed by atoms with E-state index in [4.69, 9.17) is 19.7 Å². The van der Waals surface area contributed by atoms with Crippen molar-refractivity contribution in [3.8, 4) is 11.5 Å². The van der Waals surface area contributed by atoms with Crippen LogP contribution in [0.25, 0.3) is 0 Å². The van der Waals surface area contributed by atoms with E-state index in [1.165, 1.54) is 18.2 Å². The van der Waals surface area contributed by atoms with Gasteiger partial charge in [-0.1, -0.05) is 0 Å². The van der Waals surface area contributed by atoms with E-state index >= 15 is 0 Å². The molecule has 0 aliphatic rings. The fourth-order valence-corrected chi connectivity index (χ4v) is 2.30. The molecule has 0 bridgehead atoms. The zero-order valence-electron chi connectivity index (χ0n) is 15.2. The number of aromatic carboxylic acids is 2. The SMILES string of the molecule is CC(=O)Oc1cc(OC(C)=O)cc(C(=O)Nc2cc(C(=O)O)cc(C(=O)O)c2)c1. The van der Waals surface area contributed by atoms with Gasteiger partial charge in [-0.25, -0.2) is 9.59 Å². The highest BCUT2D eigenvalue weighted by Crippen LogP contribution is 2.25. The van der Waals surface area contributed by atoms with Crippen molar-refractivity contribution in [2.24, 2.45) is 0 Å². The van der Waals surface area contributed by atoms with Crippen molar-refractivity contribution in [3.05, 3.63) is 53.1 Å². The van der Waals surface area contributed by atoms with Crippen LogP contribution >= 0.6 is 0 Å². The fraction of sp³-hybridized carbons (Fsp3) is 0.105. The van der Waals surface area contributed by atoms with Crippen LogP contribution in [0.15, 0.2) is 36.4 Å². The lowest BCUT2D eigenvalue weighted by molar-refractivity contribution is -0.132. The summed E-state index contributed by atoms with van der Waals surface area (Å²) in [6, 6.07) is 6.73. The smallest absolute Gasteiger partial charge is 0.335 e. The number of ether oxygens (including phenoxy) is 2. The minimum atomic E-state index is -1.38. The molecule has 3 N–H and O–H groups in total. The predicted octanol–water partition coefficient (Wildman–Crippen LogP) is 2.19. The van der Waals surface area contributed by atoms with E-state index in [0.717, 1.165) is 32.0 Å². The van der Waals surface area contributed by atoms with Gasteiger partial charge in [0.25, 0.3) is 5.91 Å². The largest absolute Gasteiger partial charge is 0.478 e. The average Bonchev–Trinajstić information content (AvgIpc) is 2.59. The third-order valence-corrected chi connectivity index (χ3v) is 3.35. The predicted molar refractivity (Wildman–Crippen MR) is 97.4 cm³/mol. The second kappa shape index (κ2) is 8.65. The van der Waals surface area contributed by atoms with Crippen LogP contribution in [0.5, 0.6) is 11.5 Å². The molecule has 10 heteroatoms. The van der Waals surface area contributed by atoms with Crippen LogP contribution in [-0.4, -0.2) is 40.0 Å². The highest BCUT2D eigenvalue weighted by Gasteiger charge is 2.16. The molecule has 29 heavy (non-hydrogen) atoms. The van der Waals surface area contributed by atoms with Crippen LogP contribution in [-0.2, 0) is 9.59 Å². The van der Waals surface area contributed by atoms with Gasteiger partial charge in [0.15, 0.2) is 0 Å². The standard InChI is InChI=1S/C19H15NO9/c1-9(21)28-15-6-11(7-16(8-15)29-10(2)22)17(23)20-14-4-12(18(24)25)3-13(5-14)19(26)27/h3-8H,1-2H3,(H,20,23)(H,24,25)(H,26,27). The van der Waals surface area contributed by atoms with Crippen molar-refractivity contribution < 1.29 is 43.7 Å². The van der Waals surface area contributed by atoms with Crippen molar-refractivity contribution >= 4 is 35.5 Å². The average molecular weight is 401 g/mol. The first kappa shape index (κ1) is 21.1. The number of carboxylic acids is 2. The maximum Gasteiger partial charge on any atom is 0.335 e. The Bertz CT molecular complexity index is 960. The van der Waals surface area contributed by atoms with Gasteiger partial charge in [0.2, 0.25) is 0 Å². The molecular formula is C19H15NO9. The number of amides is 1. The Morgan fingerprint density at radius 2 is 1.14 bits per heavy atom. The number of hydrogen-bond donors (Lipinski definition) is 3. The monoisotopic (exact) mass is 401 g/mol. The number of carboxylic acid groups (broad SMARTS) is 2. The van der Waals surface area contributed by atoms with E-state index in [9.17, 15) is 24.0 Å². The summed E-state index contributed by atoms with van der Waals surface area (Å²) < 4.78 is 9.83. The van der Waals surface area contributed by atoms with E-state index in [1.807, 2.05) is 0 Å². The van der Waals surface area contributed by atoms with E-state index in [0.29, 0.717) is 0 Å². The van der Waals surface area contributed by atoms with Crippen molar-refractivity contribution in [2.45, 2.75) is 13.8 Å². The lowest BCUT2D eigenvalue weighted by Gasteiger charge is -2.11. The van der Waals surface area contributed by atoms with E-state index in [2.05, 4.69) is 5.32 Å². The van der Waals surface area contributed by atoms with Crippen LogP contribution in [0.1, 0.15) is 44.9 Å². The van der Waals surface area contributed by atoms with E-state index in [1.54, 1.807) is 0 Å². The highest BCUT2D eigenvalue weighted by atomic mass is 16.5. The molecule has 1 amide bonds. The maximum absolute atomic E-state index is 12.6. The van der Waals surface area contributed by atoms with Crippen LogP contribution in [0.3, 0.4) is 0 Å². The number of carbonyl (C=O) groups excluding carboxylic acids is 3. The van der Waals surface area contributed by atoms with Gasteiger partial charge in [-0.3, -0.25) is 14.4 Å². The first-order valence-corrected chi connectivity index (χ1v) is 8.00. The first-order chi connectivity index (χ1) is 13.5. The lowest BCUT2D eigenvalue weighted by atomic mass is 10.1. The number of nitrogens with one attached hydrogen (secondary N) is 1. The molecular weight excluding hydrogens is 386 g/mol. The van der Waals surface area contributed by atoms with Crippen LogP contribution in [0.4, 0.5) is 5.69 Å². The Balaban J connectivity index is 2.41. The van der Waals surface area contributed by atoms with Crippen molar-refractivity contribution in [2.75, 3.05) is 5.32 Å². The van der Waals surface area contributed by atoms with Gasteiger partial charge in [-0.05, 0) is 30.3 Å². The summed E-state index contributed by atoms with van der Waals surface area (Å²) in [5.41, 5.74) is -0.847. The van der Waals surface area contributed by atoms with E-state index in [-0.39, 0.29) is 33.9 Å². The van der Waals surface area contributed by atoms with Gasteiger partial charge in [0, 0.05) is 31.2 Å². The number of benzene rings is 2. The molecule has 150 valence electrons. The van der Waals surface area contributed by atoms with E-state index < -0.39 is 29.8 Å². The molecule has 0 saturated heterocycles. The summed E-state index contributed by atoms with van der Waals surface area (Å²) >= 11 is 0. The molecule has 0 spiro atoms.